The van der Waals surface area contributed by atoms with Crippen LogP contribution in [0.2, 0.25) is 0 Å². The summed E-state index contributed by atoms with van der Waals surface area (Å²) in [4.78, 5) is 12.5. The van der Waals surface area contributed by atoms with E-state index in [0.29, 0.717) is 33.9 Å². The summed E-state index contributed by atoms with van der Waals surface area (Å²) in [6.45, 7) is 1.95. The number of benzene rings is 1. The van der Waals surface area contributed by atoms with Gasteiger partial charge in [0, 0.05) is 11.3 Å². The predicted molar refractivity (Wildman–Crippen MR) is 89.3 cm³/mol. The molecule has 0 radical (unpaired) electrons. The Labute approximate surface area is 141 Å². The Bertz CT molecular complexity index is 1080. The van der Waals surface area contributed by atoms with E-state index in [1.54, 1.807) is 29.9 Å². The van der Waals surface area contributed by atoms with E-state index >= 15 is 0 Å². The third kappa shape index (κ3) is 2.63. The second kappa shape index (κ2) is 5.51. The molecule has 0 saturated carbocycles. The van der Waals surface area contributed by atoms with Gasteiger partial charge in [0.2, 0.25) is 5.95 Å². The van der Waals surface area contributed by atoms with E-state index < -0.39 is 5.82 Å². The van der Waals surface area contributed by atoms with Gasteiger partial charge >= 0.3 is 0 Å². The molecular weight excluding hydrogens is 325 g/mol. The first-order chi connectivity index (χ1) is 12.0. The number of nitrogen functional groups attached to an aromatic ring is 2. The Kier molecular flexibility index (Phi) is 3.31. The van der Waals surface area contributed by atoms with Crippen molar-refractivity contribution in [3.8, 4) is 5.82 Å². The van der Waals surface area contributed by atoms with E-state index in [0.717, 1.165) is 0 Å². The van der Waals surface area contributed by atoms with Gasteiger partial charge in [-0.25, -0.2) is 18.7 Å². The van der Waals surface area contributed by atoms with Crippen molar-refractivity contribution in [2.75, 3.05) is 11.5 Å². The molecule has 0 bridgehead atoms. The van der Waals surface area contributed by atoms with Crippen molar-refractivity contribution in [1.82, 2.24) is 34.5 Å². The molecule has 10 heteroatoms. The lowest BCUT2D eigenvalue weighted by Gasteiger charge is -2.07. The minimum absolute atomic E-state index is 0.0650. The van der Waals surface area contributed by atoms with E-state index in [1.165, 1.54) is 17.1 Å². The molecule has 25 heavy (non-hydrogen) atoms. The number of aromatic nitrogens is 7. The number of fused-ring (bicyclic) bond motifs is 1. The van der Waals surface area contributed by atoms with Crippen LogP contribution in [0, 0.1) is 12.7 Å². The normalized spacial score (nSPS) is 11.3. The van der Waals surface area contributed by atoms with Crippen LogP contribution in [0.5, 0.6) is 0 Å². The van der Waals surface area contributed by atoms with Crippen LogP contribution in [-0.2, 0) is 6.54 Å². The van der Waals surface area contributed by atoms with Crippen LogP contribution >= 0.6 is 0 Å². The molecule has 0 unspecified atom stereocenters. The minimum atomic E-state index is -0.405. The fourth-order valence-electron chi connectivity index (χ4n) is 2.55. The highest BCUT2D eigenvalue weighted by Crippen LogP contribution is 2.21. The molecule has 3 heterocycles. The van der Waals surface area contributed by atoms with Crippen molar-refractivity contribution >= 4 is 22.7 Å². The molecule has 4 aromatic rings. The summed E-state index contributed by atoms with van der Waals surface area (Å²) in [7, 11) is 0. The molecule has 1 aromatic carbocycles. The first kappa shape index (κ1) is 15.0. The Hall–Kier alpha value is -3.56. The lowest BCUT2D eigenvalue weighted by molar-refractivity contribution is 0.590. The monoisotopic (exact) mass is 339 g/mol. The van der Waals surface area contributed by atoms with Gasteiger partial charge in [0.15, 0.2) is 11.5 Å². The molecule has 0 spiro atoms. The number of anilines is 2. The largest absolute Gasteiger partial charge is 0.399 e. The van der Waals surface area contributed by atoms with E-state index in [1.807, 2.05) is 0 Å². The quantitative estimate of drug-likeness (QED) is 0.534. The van der Waals surface area contributed by atoms with Gasteiger partial charge in [0.05, 0.1) is 18.1 Å². The van der Waals surface area contributed by atoms with Crippen molar-refractivity contribution < 1.29 is 4.39 Å². The smallest absolute Gasteiger partial charge is 0.224 e. The molecule has 4 rings (SSSR count). The Balaban J connectivity index is 1.83. The van der Waals surface area contributed by atoms with E-state index in [-0.39, 0.29) is 12.5 Å². The lowest BCUT2D eigenvalue weighted by atomic mass is 10.2. The first-order valence-corrected chi connectivity index (χ1v) is 7.43. The molecule has 3 aromatic heterocycles. The number of nitrogens with two attached hydrogens (primary N) is 2. The van der Waals surface area contributed by atoms with Crippen molar-refractivity contribution in [2.24, 2.45) is 0 Å². The third-order valence-corrected chi connectivity index (χ3v) is 3.71. The fourth-order valence-corrected chi connectivity index (χ4v) is 2.55. The second-order valence-corrected chi connectivity index (χ2v) is 5.53. The van der Waals surface area contributed by atoms with E-state index in [9.17, 15) is 4.39 Å². The average molecular weight is 339 g/mol. The van der Waals surface area contributed by atoms with Crippen LogP contribution in [0.25, 0.3) is 16.9 Å². The summed E-state index contributed by atoms with van der Waals surface area (Å²) < 4.78 is 17.1. The van der Waals surface area contributed by atoms with Gasteiger partial charge in [-0.1, -0.05) is 6.07 Å². The molecular formula is C15H14FN9. The first-order valence-electron chi connectivity index (χ1n) is 7.43. The molecule has 0 saturated heterocycles. The third-order valence-electron chi connectivity index (χ3n) is 3.71. The van der Waals surface area contributed by atoms with Gasteiger partial charge in [-0.05, 0) is 19.1 Å². The van der Waals surface area contributed by atoms with Crippen LogP contribution in [0.3, 0.4) is 0 Å². The standard InChI is InChI=1S/C15H14FN9/c1-8-19-7-25(23-8)14-11-5-20-24(13(11)21-15(18)22-14)6-9-2-3-10(17)4-12(9)16/h2-5,7H,6,17H2,1H3,(H2,18,21,22). The topological polar surface area (TPSA) is 126 Å². The van der Waals surface area contributed by atoms with Crippen LogP contribution in [0.4, 0.5) is 16.0 Å². The van der Waals surface area contributed by atoms with Gasteiger partial charge in [0.25, 0.3) is 0 Å². The highest BCUT2D eigenvalue weighted by Gasteiger charge is 2.15. The number of hydrogen-bond donors (Lipinski definition) is 2. The molecule has 9 nitrogen and oxygen atoms in total. The Morgan fingerprint density at radius 1 is 1.20 bits per heavy atom. The maximum atomic E-state index is 14.1. The molecule has 0 amide bonds. The fraction of sp³-hybridized carbons (Fsp3) is 0.133. The van der Waals surface area contributed by atoms with Crippen LogP contribution in [-0.4, -0.2) is 34.5 Å². The predicted octanol–water partition coefficient (Wildman–Crippen LogP) is 1.07. The van der Waals surface area contributed by atoms with Gasteiger partial charge < -0.3 is 11.5 Å². The lowest BCUT2D eigenvalue weighted by Crippen LogP contribution is -2.08. The van der Waals surface area contributed by atoms with E-state index in [4.69, 9.17) is 11.5 Å². The van der Waals surface area contributed by atoms with Crippen LogP contribution in [0.1, 0.15) is 11.4 Å². The zero-order valence-electron chi connectivity index (χ0n) is 13.3. The van der Waals surface area contributed by atoms with E-state index in [2.05, 4.69) is 25.1 Å². The minimum Gasteiger partial charge on any atom is -0.399 e. The summed E-state index contributed by atoms with van der Waals surface area (Å²) in [5, 5.41) is 9.16. The Morgan fingerprint density at radius 2 is 2.04 bits per heavy atom. The number of rotatable bonds is 3. The van der Waals surface area contributed by atoms with Crippen LogP contribution in [0.15, 0.2) is 30.7 Å². The number of nitrogens with zero attached hydrogens (tertiary/aromatic N) is 7. The summed E-state index contributed by atoms with van der Waals surface area (Å²) in [5.41, 5.74) is 12.7. The number of halogens is 1. The van der Waals surface area contributed by atoms with Crippen molar-refractivity contribution in [2.45, 2.75) is 13.5 Å². The van der Waals surface area contributed by atoms with Gasteiger partial charge in [-0.15, -0.1) is 0 Å². The zero-order valence-corrected chi connectivity index (χ0v) is 13.3. The molecule has 0 fully saturated rings. The molecule has 4 N–H and O–H groups in total. The second-order valence-electron chi connectivity index (χ2n) is 5.53. The van der Waals surface area contributed by atoms with Gasteiger partial charge in [-0.3, -0.25) is 0 Å². The molecule has 0 atom stereocenters. The summed E-state index contributed by atoms with van der Waals surface area (Å²) in [6, 6.07) is 4.52. The maximum absolute atomic E-state index is 14.1. The average Bonchev–Trinajstić information content (AvgIpc) is 3.16. The Morgan fingerprint density at radius 3 is 2.76 bits per heavy atom. The molecule has 0 aliphatic carbocycles. The maximum Gasteiger partial charge on any atom is 0.224 e. The van der Waals surface area contributed by atoms with Crippen molar-refractivity contribution in [3.05, 3.63) is 47.9 Å². The van der Waals surface area contributed by atoms with Gasteiger partial charge in [0.1, 0.15) is 18.0 Å². The highest BCUT2D eigenvalue weighted by atomic mass is 19.1. The highest BCUT2D eigenvalue weighted by molar-refractivity contribution is 5.83. The zero-order chi connectivity index (χ0) is 17.6. The molecule has 0 aliphatic rings. The molecule has 126 valence electrons. The number of aryl methyl sites for hydroxylation is 1. The summed E-state index contributed by atoms with van der Waals surface area (Å²) in [5.74, 6) is 0.724. The van der Waals surface area contributed by atoms with Crippen LogP contribution < -0.4 is 11.5 Å². The summed E-state index contributed by atoms with van der Waals surface area (Å²) in [6.07, 6.45) is 3.13. The van der Waals surface area contributed by atoms with Crippen molar-refractivity contribution in [3.63, 3.8) is 0 Å². The molecule has 0 aliphatic heterocycles. The summed E-state index contributed by atoms with van der Waals surface area (Å²) >= 11 is 0. The van der Waals surface area contributed by atoms with Crippen molar-refractivity contribution in [1.29, 1.82) is 0 Å². The number of hydrogen-bond acceptors (Lipinski definition) is 7. The SMILES string of the molecule is Cc1ncn(-c2nc(N)nc3c2cnn3Cc2ccc(N)cc2F)n1. The van der Waals surface area contributed by atoms with Gasteiger partial charge in [-0.2, -0.15) is 20.2 Å².